The van der Waals surface area contributed by atoms with Gasteiger partial charge in [0, 0.05) is 32.8 Å². The molecule has 0 bridgehead atoms. The second-order valence-electron chi connectivity index (χ2n) is 6.45. The Morgan fingerprint density at radius 3 is 2.26 bits per heavy atom. The number of methoxy groups -OCH3 is 1. The van der Waals surface area contributed by atoms with Crippen molar-refractivity contribution in [1.29, 1.82) is 0 Å². The van der Waals surface area contributed by atoms with Gasteiger partial charge in [-0.2, -0.15) is 0 Å². The van der Waals surface area contributed by atoms with Crippen molar-refractivity contribution in [3.8, 4) is 0 Å². The Morgan fingerprint density at radius 2 is 1.74 bits per heavy atom. The smallest absolute Gasteiger partial charge is 0.0656 e. The summed E-state index contributed by atoms with van der Waals surface area (Å²) in [7, 11) is 1.77. The summed E-state index contributed by atoms with van der Waals surface area (Å²) in [6.45, 7) is 8.61. The summed E-state index contributed by atoms with van der Waals surface area (Å²) in [4.78, 5) is 5.26. The normalized spacial score (nSPS) is 27.3. The first kappa shape index (κ1) is 15.2. The molecule has 2 heterocycles. The maximum Gasteiger partial charge on any atom is 0.0656 e. The second-order valence-corrected chi connectivity index (χ2v) is 6.45. The topological polar surface area (TPSA) is 41.7 Å². The second kappa shape index (κ2) is 7.02. The summed E-state index contributed by atoms with van der Waals surface area (Å²) in [5.41, 5.74) is 5.98. The molecule has 2 aliphatic rings. The van der Waals surface area contributed by atoms with Gasteiger partial charge in [0.05, 0.1) is 12.1 Å². The van der Waals surface area contributed by atoms with Crippen LogP contribution in [0.4, 0.5) is 0 Å². The first-order valence-electron chi connectivity index (χ1n) is 7.88. The summed E-state index contributed by atoms with van der Waals surface area (Å²) in [5, 5.41) is 0. The summed E-state index contributed by atoms with van der Waals surface area (Å²) in [6, 6.07) is 0.807. The Morgan fingerprint density at radius 1 is 1.11 bits per heavy atom. The van der Waals surface area contributed by atoms with Crippen molar-refractivity contribution >= 4 is 0 Å². The Hall–Kier alpha value is -0.160. The predicted octanol–water partition coefficient (Wildman–Crippen LogP) is 1.30. The van der Waals surface area contributed by atoms with Crippen LogP contribution in [0.5, 0.6) is 0 Å². The highest BCUT2D eigenvalue weighted by molar-refractivity contribution is 4.92. The molecule has 112 valence electrons. The van der Waals surface area contributed by atoms with Crippen LogP contribution in [-0.4, -0.2) is 67.8 Å². The zero-order valence-electron chi connectivity index (χ0n) is 12.7. The Kier molecular flexibility index (Phi) is 5.63. The first-order valence-corrected chi connectivity index (χ1v) is 7.88. The highest BCUT2D eigenvalue weighted by Crippen LogP contribution is 2.25. The molecular formula is C15H31N3O. The minimum Gasteiger partial charge on any atom is -0.383 e. The fraction of sp³-hybridized carbons (Fsp3) is 1.00. The lowest BCUT2D eigenvalue weighted by atomic mass is 9.94. The summed E-state index contributed by atoms with van der Waals surface area (Å²) in [6.07, 6.45) is 6.79. The standard InChI is InChI=1S/C15H31N3O/c1-15(12-16,13-19-2)18-10-6-14(7-11-18)17-8-4-3-5-9-17/h14H,3-13,16H2,1-2H3. The quantitative estimate of drug-likeness (QED) is 0.817. The van der Waals surface area contributed by atoms with Crippen LogP contribution in [0.1, 0.15) is 39.0 Å². The predicted molar refractivity (Wildman–Crippen MR) is 79.4 cm³/mol. The molecular weight excluding hydrogens is 238 g/mol. The van der Waals surface area contributed by atoms with Gasteiger partial charge in [0.1, 0.15) is 0 Å². The van der Waals surface area contributed by atoms with Crippen molar-refractivity contribution in [3.63, 3.8) is 0 Å². The van der Waals surface area contributed by atoms with Crippen molar-refractivity contribution in [2.75, 3.05) is 46.4 Å². The fourth-order valence-electron chi connectivity index (χ4n) is 3.64. The largest absolute Gasteiger partial charge is 0.383 e. The van der Waals surface area contributed by atoms with E-state index in [0.29, 0.717) is 6.54 Å². The lowest BCUT2D eigenvalue weighted by molar-refractivity contribution is -0.00542. The number of hydrogen-bond acceptors (Lipinski definition) is 4. The molecule has 0 amide bonds. The van der Waals surface area contributed by atoms with Gasteiger partial charge in [0.2, 0.25) is 0 Å². The molecule has 19 heavy (non-hydrogen) atoms. The third-order valence-electron chi connectivity index (χ3n) is 5.03. The van der Waals surface area contributed by atoms with E-state index in [-0.39, 0.29) is 5.54 Å². The SMILES string of the molecule is COCC(C)(CN)N1CCC(N2CCCCC2)CC1. The number of nitrogens with two attached hydrogens (primary N) is 1. The molecule has 0 aromatic carbocycles. The summed E-state index contributed by atoms with van der Waals surface area (Å²) < 4.78 is 5.36. The maximum absolute atomic E-state index is 5.97. The van der Waals surface area contributed by atoms with E-state index >= 15 is 0 Å². The molecule has 0 aromatic rings. The first-order chi connectivity index (χ1) is 9.19. The van der Waals surface area contributed by atoms with E-state index < -0.39 is 0 Å². The van der Waals surface area contributed by atoms with Crippen LogP contribution in [-0.2, 0) is 4.74 Å². The molecule has 1 unspecified atom stereocenters. The molecule has 2 fully saturated rings. The van der Waals surface area contributed by atoms with Gasteiger partial charge in [-0.05, 0) is 45.7 Å². The monoisotopic (exact) mass is 269 g/mol. The molecule has 0 saturated carbocycles. The van der Waals surface area contributed by atoms with E-state index in [2.05, 4.69) is 16.7 Å². The van der Waals surface area contributed by atoms with E-state index in [0.717, 1.165) is 25.7 Å². The molecule has 4 nitrogen and oxygen atoms in total. The van der Waals surface area contributed by atoms with Crippen molar-refractivity contribution < 1.29 is 4.74 Å². The van der Waals surface area contributed by atoms with Crippen molar-refractivity contribution in [1.82, 2.24) is 9.80 Å². The molecule has 2 aliphatic heterocycles. The van der Waals surface area contributed by atoms with Crippen LogP contribution in [0.3, 0.4) is 0 Å². The van der Waals surface area contributed by atoms with Gasteiger partial charge < -0.3 is 15.4 Å². The Labute approximate surface area is 118 Å². The van der Waals surface area contributed by atoms with E-state index in [1.165, 1.54) is 45.2 Å². The van der Waals surface area contributed by atoms with Crippen LogP contribution < -0.4 is 5.73 Å². The van der Waals surface area contributed by atoms with Crippen molar-refractivity contribution in [3.05, 3.63) is 0 Å². The molecule has 2 rings (SSSR count). The van der Waals surface area contributed by atoms with Crippen molar-refractivity contribution in [2.24, 2.45) is 5.73 Å². The van der Waals surface area contributed by atoms with Crippen molar-refractivity contribution in [2.45, 2.75) is 50.6 Å². The maximum atomic E-state index is 5.97. The molecule has 1 atom stereocenters. The van der Waals surface area contributed by atoms with E-state index in [4.69, 9.17) is 10.5 Å². The number of piperidine rings is 2. The lowest BCUT2D eigenvalue weighted by Crippen LogP contribution is -2.59. The van der Waals surface area contributed by atoms with E-state index in [9.17, 15) is 0 Å². The number of hydrogen-bond donors (Lipinski definition) is 1. The third kappa shape index (κ3) is 3.69. The Bertz CT molecular complexity index is 260. The van der Waals surface area contributed by atoms with Gasteiger partial charge in [-0.25, -0.2) is 0 Å². The molecule has 2 saturated heterocycles. The lowest BCUT2D eigenvalue weighted by Gasteiger charge is -2.46. The average molecular weight is 269 g/mol. The molecule has 4 heteroatoms. The number of rotatable bonds is 5. The van der Waals surface area contributed by atoms with Crippen LogP contribution in [0.2, 0.25) is 0 Å². The van der Waals surface area contributed by atoms with Gasteiger partial charge in [0.15, 0.2) is 0 Å². The fourth-order valence-corrected chi connectivity index (χ4v) is 3.64. The van der Waals surface area contributed by atoms with Gasteiger partial charge in [0.25, 0.3) is 0 Å². The highest BCUT2D eigenvalue weighted by atomic mass is 16.5. The molecule has 2 N–H and O–H groups in total. The van der Waals surface area contributed by atoms with E-state index in [1.807, 2.05) is 0 Å². The molecule has 0 aromatic heterocycles. The van der Waals surface area contributed by atoms with Gasteiger partial charge in [-0.3, -0.25) is 4.90 Å². The van der Waals surface area contributed by atoms with Gasteiger partial charge >= 0.3 is 0 Å². The van der Waals surface area contributed by atoms with Crippen LogP contribution in [0.25, 0.3) is 0 Å². The van der Waals surface area contributed by atoms with Crippen LogP contribution in [0.15, 0.2) is 0 Å². The zero-order chi connectivity index (χ0) is 13.7. The van der Waals surface area contributed by atoms with Crippen LogP contribution >= 0.6 is 0 Å². The molecule has 0 radical (unpaired) electrons. The summed E-state index contributed by atoms with van der Waals surface area (Å²) >= 11 is 0. The third-order valence-corrected chi connectivity index (χ3v) is 5.03. The minimum absolute atomic E-state index is 0.0155. The minimum atomic E-state index is 0.0155. The highest BCUT2D eigenvalue weighted by Gasteiger charge is 2.35. The van der Waals surface area contributed by atoms with E-state index in [1.54, 1.807) is 7.11 Å². The summed E-state index contributed by atoms with van der Waals surface area (Å²) in [5.74, 6) is 0. The average Bonchev–Trinajstić information content (AvgIpc) is 2.48. The van der Waals surface area contributed by atoms with Crippen LogP contribution in [0, 0.1) is 0 Å². The Balaban J connectivity index is 1.84. The molecule has 0 spiro atoms. The number of nitrogens with zero attached hydrogens (tertiary/aromatic N) is 2. The molecule has 0 aliphatic carbocycles. The van der Waals surface area contributed by atoms with Gasteiger partial charge in [-0.15, -0.1) is 0 Å². The zero-order valence-corrected chi connectivity index (χ0v) is 12.7. The number of ether oxygens (including phenoxy) is 1. The number of likely N-dealkylation sites (tertiary alicyclic amines) is 2. The van der Waals surface area contributed by atoms with Gasteiger partial charge in [-0.1, -0.05) is 6.42 Å².